The van der Waals surface area contributed by atoms with Gasteiger partial charge < -0.3 is 10.0 Å². The van der Waals surface area contributed by atoms with Crippen molar-refractivity contribution in [3.05, 3.63) is 0 Å². The molecule has 104 valence electrons. The van der Waals surface area contributed by atoms with E-state index < -0.39 is 11.9 Å². The highest BCUT2D eigenvalue weighted by atomic mass is 32.2. The second-order valence-corrected chi connectivity index (χ2v) is 6.00. The number of hydrogen-bond acceptors (Lipinski definition) is 3. The van der Waals surface area contributed by atoms with Gasteiger partial charge in [-0.2, -0.15) is 11.8 Å². The Morgan fingerprint density at radius 2 is 1.89 bits per heavy atom. The maximum Gasteiger partial charge on any atom is 0.307 e. The predicted molar refractivity (Wildman–Crippen MR) is 73.7 cm³/mol. The topological polar surface area (TPSA) is 57.6 Å². The lowest BCUT2D eigenvalue weighted by Gasteiger charge is -2.33. The van der Waals surface area contributed by atoms with E-state index in [0.717, 1.165) is 18.6 Å². The summed E-state index contributed by atoms with van der Waals surface area (Å²) in [5, 5.41) is 9.21. The molecule has 0 bridgehead atoms. The number of amides is 1. The molecule has 1 rings (SSSR count). The van der Waals surface area contributed by atoms with Crippen molar-refractivity contribution < 1.29 is 14.7 Å². The van der Waals surface area contributed by atoms with Crippen LogP contribution >= 0.6 is 11.8 Å². The number of hydrogen-bond donors (Lipinski definition) is 1. The molecule has 0 aromatic carbocycles. The Balaban J connectivity index is 2.70. The van der Waals surface area contributed by atoms with Gasteiger partial charge in [0.05, 0.1) is 11.8 Å². The maximum atomic E-state index is 12.4. The molecule has 3 unspecified atom stereocenters. The first-order valence-corrected chi connectivity index (χ1v) is 7.86. The van der Waals surface area contributed by atoms with Gasteiger partial charge in [-0.15, -0.1) is 0 Å². The zero-order valence-electron chi connectivity index (χ0n) is 11.4. The fourth-order valence-electron chi connectivity index (χ4n) is 2.55. The molecule has 1 saturated carbocycles. The summed E-state index contributed by atoms with van der Waals surface area (Å²) in [6.07, 6.45) is 5.24. The molecule has 18 heavy (non-hydrogen) atoms. The molecular formula is C13H23NO3S. The summed E-state index contributed by atoms with van der Waals surface area (Å²) in [5.74, 6) is -0.754. The zero-order chi connectivity index (χ0) is 13.7. The standard InChI is InChI=1S/C13H23NO3S/c1-9(8-18-3)14(2)12(15)10-6-4-5-7-11(10)13(16)17/h9-11H,4-8H2,1-3H3,(H,16,17). The number of carbonyl (C=O) groups is 2. The van der Waals surface area contributed by atoms with Crippen LogP contribution in [-0.4, -0.2) is 47.0 Å². The first kappa shape index (κ1) is 15.3. The molecule has 3 atom stereocenters. The van der Waals surface area contributed by atoms with E-state index in [4.69, 9.17) is 0 Å². The van der Waals surface area contributed by atoms with E-state index in [0.29, 0.717) is 12.8 Å². The molecule has 0 saturated heterocycles. The molecular weight excluding hydrogens is 250 g/mol. The largest absolute Gasteiger partial charge is 0.481 e. The molecule has 0 radical (unpaired) electrons. The number of nitrogens with zero attached hydrogens (tertiary/aromatic N) is 1. The van der Waals surface area contributed by atoms with Gasteiger partial charge in [0.25, 0.3) is 0 Å². The van der Waals surface area contributed by atoms with Crippen LogP contribution in [0.4, 0.5) is 0 Å². The van der Waals surface area contributed by atoms with Crippen molar-refractivity contribution in [2.75, 3.05) is 19.1 Å². The average molecular weight is 273 g/mol. The monoisotopic (exact) mass is 273 g/mol. The lowest BCUT2D eigenvalue weighted by Crippen LogP contribution is -2.45. The van der Waals surface area contributed by atoms with Crippen LogP contribution in [-0.2, 0) is 9.59 Å². The minimum Gasteiger partial charge on any atom is -0.481 e. The molecule has 4 nitrogen and oxygen atoms in total. The van der Waals surface area contributed by atoms with Gasteiger partial charge in [0.2, 0.25) is 5.91 Å². The van der Waals surface area contributed by atoms with Gasteiger partial charge in [0, 0.05) is 18.8 Å². The Hall–Kier alpha value is -0.710. The van der Waals surface area contributed by atoms with Crippen LogP contribution in [0, 0.1) is 11.8 Å². The fraction of sp³-hybridized carbons (Fsp3) is 0.846. The van der Waals surface area contributed by atoms with Crippen molar-refractivity contribution in [3.63, 3.8) is 0 Å². The van der Waals surface area contributed by atoms with Gasteiger partial charge in [0.15, 0.2) is 0 Å². The van der Waals surface area contributed by atoms with Crippen LogP contribution < -0.4 is 0 Å². The average Bonchev–Trinajstić information content (AvgIpc) is 2.37. The second-order valence-electron chi connectivity index (χ2n) is 5.09. The Kier molecular flexibility index (Phi) is 5.99. The summed E-state index contributed by atoms with van der Waals surface area (Å²) < 4.78 is 0. The van der Waals surface area contributed by atoms with Crippen LogP contribution in [0.25, 0.3) is 0 Å². The van der Waals surface area contributed by atoms with E-state index in [1.54, 1.807) is 23.7 Å². The Labute approximate surface area is 113 Å². The fourth-order valence-corrected chi connectivity index (χ4v) is 3.26. The van der Waals surface area contributed by atoms with Gasteiger partial charge in [-0.3, -0.25) is 9.59 Å². The number of thioether (sulfide) groups is 1. The number of carboxylic acid groups (broad SMARTS) is 1. The third kappa shape index (κ3) is 3.64. The lowest BCUT2D eigenvalue weighted by atomic mass is 9.78. The van der Waals surface area contributed by atoms with Crippen LogP contribution in [0.15, 0.2) is 0 Å². The maximum absolute atomic E-state index is 12.4. The molecule has 1 aliphatic rings. The summed E-state index contributed by atoms with van der Waals surface area (Å²) in [4.78, 5) is 25.3. The van der Waals surface area contributed by atoms with E-state index in [2.05, 4.69) is 0 Å². The molecule has 0 aromatic rings. The normalized spacial score (nSPS) is 25.5. The van der Waals surface area contributed by atoms with Crippen LogP contribution in [0.1, 0.15) is 32.6 Å². The van der Waals surface area contributed by atoms with Gasteiger partial charge >= 0.3 is 5.97 Å². The van der Waals surface area contributed by atoms with Crippen LogP contribution in [0.3, 0.4) is 0 Å². The molecule has 0 heterocycles. The molecule has 1 amide bonds. The number of rotatable bonds is 5. The van der Waals surface area contributed by atoms with E-state index in [1.807, 2.05) is 13.2 Å². The van der Waals surface area contributed by atoms with E-state index >= 15 is 0 Å². The molecule has 5 heteroatoms. The SMILES string of the molecule is CSCC(C)N(C)C(=O)C1CCCCC1C(=O)O. The van der Waals surface area contributed by atoms with Crippen molar-refractivity contribution >= 4 is 23.6 Å². The molecule has 0 aromatic heterocycles. The molecule has 1 aliphatic carbocycles. The quantitative estimate of drug-likeness (QED) is 0.833. The molecule has 0 aliphatic heterocycles. The number of carbonyl (C=O) groups excluding carboxylic acids is 1. The third-order valence-corrected chi connectivity index (χ3v) is 4.63. The van der Waals surface area contributed by atoms with Gasteiger partial charge in [-0.25, -0.2) is 0 Å². The zero-order valence-corrected chi connectivity index (χ0v) is 12.2. The molecule has 1 fully saturated rings. The van der Waals surface area contributed by atoms with Gasteiger partial charge in [-0.05, 0) is 26.0 Å². The van der Waals surface area contributed by atoms with E-state index in [9.17, 15) is 14.7 Å². The number of aliphatic carboxylic acids is 1. The van der Waals surface area contributed by atoms with E-state index in [-0.39, 0.29) is 17.9 Å². The van der Waals surface area contributed by atoms with Crippen molar-refractivity contribution in [3.8, 4) is 0 Å². The Morgan fingerprint density at radius 3 is 2.39 bits per heavy atom. The minimum absolute atomic E-state index is 0.00338. The second kappa shape index (κ2) is 7.02. The van der Waals surface area contributed by atoms with E-state index in [1.165, 1.54) is 0 Å². The summed E-state index contributed by atoms with van der Waals surface area (Å²) in [7, 11) is 1.79. The first-order valence-electron chi connectivity index (χ1n) is 6.47. The molecule has 1 N–H and O–H groups in total. The highest BCUT2D eigenvalue weighted by Crippen LogP contribution is 2.32. The van der Waals surface area contributed by atoms with Crippen LogP contribution in [0.2, 0.25) is 0 Å². The third-order valence-electron chi connectivity index (χ3n) is 3.82. The van der Waals surface area contributed by atoms with Gasteiger partial charge in [0.1, 0.15) is 0 Å². The predicted octanol–water partition coefficient (Wildman–Crippen LogP) is 2.09. The van der Waals surface area contributed by atoms with Crippen molar-refractivity contribution in [1.29, 1.82) is 0 Å². The van der Waals surface area contributed by atoms with Gasteiger partial charge in [-0.1, -0.05) is 12.8 Å². The number of carboxylic acids is 1. The highest BCUT2D eigenvalue weighted by Gasteiger charge is 2.37. The highest BCUT2D eigenvalue weighted by molar-refractivity contribution is 7.98. The minimum atomic E-state index is -0.820. The van der Waals surface area contributed by atoms with Crippen molar-refractivity contribution in [2.45, 2.75) is 38.6 Å². The first-order chi connectivity index (χ1) is 8.49. The van der Waals surface area contributed by atoms with Crippen LogP contribution in [0.5, 0.6) is 0 Å². The Bertz CT molecular complexity index is 309. The Morgan fingerprint density at radius 1 is 1.33 bits per heavy atom. The smallest absolute Gasteiger partial charge is 0.307 e. The summed E-state index contributed by atoms with van der Waals surface area (Å²) in [6.45, 7) is 2.01. The lowest BCUT2D eigenvalue weighted by molar-refractivity contribution is -0.152. The van der Waals surface area contributed by atoms with Crippen molar-refractivity contribution in [2.24, 2.45) is 11.8 Å². The van der Waals surface area contributed by atoms with Crippen molar-refractivity contribution in [1.82, 2.24) is 4.90 Å². The molecule has 0 spiro atoms. The summed E-state index contributed by atoms with van der Waals surface area (Å²) in [6, 6.07) is 0.156. The summed E-state index contributed by atoms with van der Waals surface area (Å²) in [5.41, 5.74) is 0. The summed E-state index contributed by atoms with van der Waals surface area (Å²) >= 11 is 1.70.